The van der Waals surface area contributed by atoms with Crippen molar-refractivity contribution in [2.75, 3.05) is 6.61 Å². The second kappa shape index (κ2) is 6.33. The fourth-order valence-corrected chi connectivity index (χ4v) is 2.09. The molecule has 0 aliphatic carbocycles. The van der Waals surface area contributed by atoms with E-state index in [1.165, 1.54) is 12.3 Å². The van der Waals surface area contributed by atoms with Crippen LogP contribution in [0, 0.1) is 0 Å². The molecule has 1 aromatic rings. The van der Waals surface area contributed by atoms with E-state index in [0.29, 0.717) is 0 Å². The molecule has 5 N–H and O–H groups in total. The van der Waals surface area contributed by atoms with Gasteiger partial charge in [0.05, 0.1) is 6.61 Å². The Kier molecular flexibility index (Phi) is 4.70. The van der Waals surface area contributed by atoms with E-state index >= 15 is 0 Å². The number of nitrogens with one attached hydrogen (secondary N) is 1. The molecule has 116 valence electrons. The molecule has 1 saturated heterocycles. The highest BCUT2D eigenvalue weighted by Gasteiger charge is 2.47. The van der Waals surface area contributed by atoms with Crippen LogP contribution < -0.4 is 17.0 Å². The van der Waals surface area contributed by atoms with Crippen molar-refractivity contribution in [1.82, 2.24) is 9.55 Å². The summed E-state index contributed by atoms with van der Waals surface area (Å²) in [5.41, 5.74) is 4.37. The number of hydrogen-bond acceptors (Lipinski definition) is 7. The van der Waals surface area contributed by atoms with Gasteiger partial charge in [-0.25, -0.2) is 4.79 Å². The molecule has 9 nitrogen and oxygen atoms in total. The summed E-state index contributed by atoms with van der Waals surface area (Å²) in [7, 11) is 0. The highest BCUT2D eigenvalue weighted by atomic mass is 16.6. The highest BCUT2D eigenvalue weighted by Crippen LogP contribution is 2.29. The maximum atomic E-state index is 11.7. The summed E-state index contributed by atoms with van der Waals surface area (Å²) >= 11 is 0. The standard InChI is InChI=1S/C12H17N3O6/c1-2-5-20-10(13)9-7(17)8(18)11(21-9)15-4-3-6(16)14-12(15)19/h2-4,7-11,17-18H,1,5,13H2,(H,14,16,19)/t7-,8+,9-,10?,11+/m0/s1. The van der Waals surface area contributed by atoms with Crippen LogP contribution in [0.5, 0.6) is 0 Å². The Balaban J connectivity index is 2.21. The van der Waals surface area contributed by atoms with Crippen molar-refractivity contribution in [3.05, 3.63) is 45.8 Å². The van der Waals surface area contributed by atoms with Gasteiger partial charge in [0, 0.05) is 12.3 Å². The van der Waals surface area contributed by atoms with Gasteiger partial charge in [-0.15, -0.1) is 6.58 Å². The summed E-state index contributed by atoms with van der Waals surface area (Å²) in [5.74, 6) is 0. The molecule has 1 unspecified atom stereocenters. The average Bonchev–Trinajstić information content (AvgIpc) is 2.73. The maximum absolute atomic E-state index is 11.7. The van der Waals surface area contributed by atoms with E-state index < -0.39 is 42.0 Å². The molecule has 5 atom stereocenters. The van der Waals surface area contributed by atoms with Crippen molar-refractivity contribution in [2.24, 2.45) is 5.73 Å². The molecule has 2 rings (SSSR count). The fourth-order valence-electron chi connectivity index (χ4n) is 2.09. The number of nitrogens with zero attached hydrogens (tertiary/aromatic N) is 1. The average molecular weight is 299 g/mol. The van der Waals surface area contributed by atoms with E-state index in [2.05, 4.69) is 6.58 Å². The first kappa shape index (κ1) is 15.6. The SMILES string of the molecule is C=CCOC(N)[C@H]1O[C@@H](n2ccc(=O)[nH]c2=O)[C@H](O)[C@@H]1O. The molecule has 1 aliphatic heterocycles. The van der Waals surface area contributed by atoms with Crippen molar-refractivity contribution < 1.29 is 19.7 Å². The molecule has 1 aromatic heterocycles. The van der Waals surface area contributed by atoms with Gasteiger partial charge in [0.2, 0.25) is 0 Å². The Morgan fingerprint density at radius 1 is 1.52 bits per heavy atom. The highest BCUT2D eigenvalue weighted by molar-refractivity contribution is 4.94. The summed E-state index contributed by atoms with van der Waals surface area (Å²) in [4.78, 5) is 24.7. The Bertz CT molecular complexity index is 612. The topological polar surface area (TPSA) is 140 Å². The van der Waals surface area contributed by atoms with Crippen LogP contribution in [0.3, 0.4) is 0 Å². The van der Waals surface area contributed by atoms with E-state index in [0.717, 1.165) is 10.6 Å². The number of aliphatic hydroxyl groups is 2. The molecule has 0 saturated carbocycles. The molecule has 1 aliphatic rings. The van der Waals surface area contributed by atoms with E-state index in [1.807, 2.05) is 4.98 Å². The first-order chi connectivity index (χ1) is 9.95. The molecule has 21 heavy (non-hydrogen) atoms. The fraction of sp³-hybridized carbons (Fsp3) is 0.500. The van der Waals surface area contributed by atoms with Gasteiger partial charge in [-0.1, -0.05) is 6.08 Å². The Hall–Kier alpha value is -1.78. The number of aromatic amines is 1. The van der Waals surface area contributed by atoms with Gasteiger partial charge < -0.3 is 25.4 Å². The van der Waals surface area contributed by atoms with Crippen LogP contribution in [0.4, 0.5) is 0 Å². The van der Waals surface area contributed by atoms with Crippen molar-refractivity contribution in [3.63, 3.8) is 0 Å². The normalized spacial score (nSPS) is 30.2. The lowest BCUT2D eigenvalue weighted by atomic mass is 10.1. The third-order valence-corrected chi connectivity index (χ3v) is 3.13. The third-order valence-electron chi connectivity index (χ3n) is 3.13. The summed E-state index contributed by atoms with van der Waals surface area (Å²) in [6.45, 7) is 3.61. The second-order valence-electron chi connectivity index (χ2n) is 4.58. The molecule has 9 heteroatoms. The maximum Gasteiger partial charge on any atom is 0.330 e. The van der Waals surface area contributed by atoms with Crippen molar-refractivity contribution >= 4 is 0 Å². The van der Waals surface area contributed by atoms with Crippen LogP contribution >= 0.6 is 0 Å². The zero-order valence-electron chi connectivity index (χ0n) is 11.1. The number of rotatable bonds is 5. The zero-order chi connectivity index (χ0) is 15.6. The number of ether oxygens (including phenoxy) is 2. The number of nitrogens with two attached hydrogens (primary N) is 1. The van der Waals surface area contributed by atoms with Gasteiger partial charge in [0.1, 0.15) is 24.5 Å². The van der Waals surface area contributed by atoms with Crippen LogP contribution in [0.2, 0.25) is 0 Å². The van der Waals surface area contributed by atoms with Crippen LogP contribution in [-0.4, -0.2) is 50.9 Å². The molecule has 2 heterocycles. The molecule has 0 bridgehead atoms. The largest absolute Gasteiger partial charge is 0.387 e. The van der Waals surface area contributed by atoms with Gasteiger partial charge in [-0.2, -0.15) is 0 Å². The van der Waals surface area contributed by atoms with E-state index in [4.69, 9.17) is 15.2 Å². The van der Waals surface area contributed by atoms with Gasteiger partial charge in [0.15, 0.2) is 6.23 Å². The molecular formula is C12H17N3O6. The van der Waals surface area contributed by atoms with Crippen molar-refractivity contribution in [2.45, 2.75) is 30.8 Å². The molecule has 1 fully saturated rings. The first-order valence-electron chi connectivity index (χ1n) is 6.27. The molecule has 0 amide bonds. The van der Waals surface area contributed by atoms with Gasteiger partial charge in [0.25, 0.3) is 5.56 Å². The zero-order valence-corrected chi connectivity index (χ0v) is 11.1. The Morgan fingerprint density at radius 2 is 2.24 bits per heavy atom. The lowest BCUT2D eigenvalue weighted by molar-refractivity contribution is -0.102. The third kappa shape index (κ3) is 3.12. The predicted octanol–water partition coefficient (Wildman–Crippen LogP) is -2.36. The van der Waals surface area contributed by atoms with Crippen molar-refractivity contribution in [1.29, 1.82) is 0 Å². The minimum absolute atomic E-state index is 0.146. The van der Waals surface area contributed by atoms with Crippen molar-refractivity contribution in [3.8, 4) is 0 Å². The second-order valence-corrected chi connectivity index (χ2v) is 4.58. The molecule has 0 spiro atoms. The number of H-pyrrole nitrogens is 1. The van der Waals surface area contributed by atoms with Crippen LogP contribution in [0.25, 0.3) is 0 Å². The van der Waals surface area contributed by atoms with Crippen LogP contribution in [-0.2, 0) is 9.47 Å². The molecular weight excluding hydrogens is 282 g/mol. The van der Waals surface area contributed by atoms with E-state index in [1.54, 1.807) is 0 Å². The van der Waals surface area contributed by atoms with Crippen LogP contribution in [0.15, 0.2) is 34.5 Å². The molecule has 0 aromatic carbocycles. The van der Waals surface area contributed by atoms with Gasteiger partial charge in [-0.3, -0.25) is 14.3 Å². The number of aromatic nitrogens is 2. The minimum atomic E-state index is -1.39. The predicted molar refractivity (Wildman–Crippen MR) is 71.4 cm³/mol. The summed E-state index contributed by atoms with van der Waals surface area (Å²) in [5, 5.41) is 19.9. The summed E-state index contributed by atoms with van der Waals surface area (Å²) < 4.78 is 11.5. The Labute approximate surface area is 119 Å². The lowest BCUT2D eigenvalue weighted by Crippen LogP contribution is -2.45. The number of hydrogen-bond donors (Lipinski definition) is 4. The van der Waals surface area contributed by atoms with Gasteiger partial charge >= 0.3 is 5.69 Å². The first-order valence-corrected chi connectivity index (χ1v) is 6.27. The van der Waals surface area contributed by atoms with E-state index in [-0.39, 0.29) is 6.61 Å². The smallest absolute Gasteiger partial charge is 0.330 e. The summed E-state index contributed by atoms with van der Waals surface area (Å²) in [6, 6.07) is 1.10. The summed E-state index contributed by atoms with van der Waals surface area (Å²) in [6.07, 6.45) is -3.29. The Morgan fingerprint density at radius 3 is 2.86 bits per heavy atom. The van der Waals surface area contributed by atoms with E-state index in [9.17, 15) is 19.8 Å². The monoisotopic (exact) mass is 299 g/mol. The number of aliphatic hydroxyl groups excluding tert-OH is 2. The molecule has 0 radical (unpaired) electrons. The quantitative estimate of drug-likeness (QED) is 0.352. The minimum Gasteiger partial charge on any atom is -0.387 e. The van der Waals surface area contributed by atoms with Gasteiger partial charge in [-0.05, 0) is 0 Å². The lowest BCUT2D eigenvalue weighted by Gasteiger charge is -2.21. The van der Waals surface area contributed by atoms with Crippen LogP contribution in [0.1, 0.15) is 6.23 Å².